The Hall–Kier alpha value is -1.15. The predicted octanol–water partition coefficient (Wildman–Crippen LogP) is 1.96. The summed E-state index contributed by atoms with van der Waals surface area (Å²) >= 11 is 0. The molecule has 0 unspecified atom stereocenters. The van der Waals surface area contributed by atoms with Crippen LogP contribution in [0.15, 0.2) is 23.1 Å². The third-order valence-corrected chi connectivity index (χ3v) is 5.59. The van der Waals surface area contributed by atoms with Crippen LogP contribution in [0.4, 0.5) is 0 Å². The third kappa shape index (κ3) is 5.44. The molecule has 138 valence electrons. The predicted molar refractivity (Wildman–Crippen MR) is 93.9 cm³/mol. The van der Waals surface area contributed by atoms with Crippen molar-refractivity contribution in [3.8, 4) is 5.75 Å². The lowest BCUT2D eigenvalue weighted by molar-refractivity contribution is 0.217. The second-order valence-electron chi connectivity index (χ2n) is 5.91. The molecular weight excluding hydrogens is 330 g/mol. The topological polar surface area (TPSA) is 87.1 Å². The fraction of sp³-hybridized carbons (Fsp3) is 0.647. The number of aliphatic hydroxyl groups is 2. The average Bonchev–Trinajstić information content (AvgIpc) is 2.54. The number of hydrogen-bond acceptors (Lipinski definition) is 5. The molecule has 0 aliphatic heterocycles. The van der Waals surface area contributed by atoms with Crippen molar-refractivity contribution in [2.45, 2.75) is 44.4 Å². The lowest BCUT2D eigenvalue weighted by Crippen LogP contribution is -2.35. The molecule has 1 aromatic rings. The quantitative estimate of drug-likeness (QED) is 0.590. The zero-order valence-electron chi connectivity index (χ0n) is 14.7. The molecule has 0 aliphatic carbocycles. The molecule has 0 heterocycles. The third-order valence-electron chi connectivity index (χ3n) is 3.70. The molecule has 24 heavy (non-hydrogen) atoms. The summed E-state index contributed by atoms with van der Waals surface area (Å²) in [5.41, 5.74) is 0.833. The molecule has 0 fully saturated rings. The molecule has 0 saturated heterocycles. The smallest absolute Gasteiger partial charge is 0.243 e. The zero-order valence-corrected chi connectivity index (χ0v) is 15.6. The van der Waals surface area contributed by atoms with E-state index in [1.54, 1.807) is 12.1 Å². The Labute approximate surface area is 145 Å². The average molecular weight is 359 g/mol. The maximum atomic E-state index is 12.7. The fourth-order valence-electron chi connectivity index (χ4n) is 2.32. The summed E-state index contributed by atoms with van der Waals surface area (Å²) in [6.07, 6.45) is 1.97. The number of rotatable bonds is 11. The van der Waals surface area contributed by atoms with Gasteiger partial charge in [0.25, 0.3) is 0 Å². The van der Waals surface area contributed by atoms with E-state index in [1.165, 1.54) is 6.07 Å². The Morgan fingerprint density at radius 2 is 1.79 bits per heavy atom. The van der Waals surface area contributed by atoms with Gasteiger partial charge >= 0.3 is 0 Å². The molecule has 6 nitrogen and oxygen atoms in total. The van der Waals surface area contributed by atoms with Crippen LogP contribution in [-0.4, -0.2) is 55.8 Å². The van der Waals surface area contributed by atoms with Crippen molar-refractivity contribution in [2.24, 2.45) is 0 Å². The maximum Gasteiger partial charge on any atom is 0.243 e. The van der Waals surface area contributed by atoms with Crippen LogP contribution >= 0.6 is 0 Å². The first-order chi connectivity index (χ1) is 11.4. The first kappa shape index (κ1) is 20.9. The van der Waals surface area contributed by atoms with E-state index in [4.69, 9.17) is 14.9 Å². The monoisotopic (exact) mass is 359 g/mol. The standard InChI is InChI=1S/C17H29NO5S/c1-4-5-12-23-17-7-6-15(13-16(17)14(2)3)24(21,22)18(8-10-19)9-11-20/h6-7,13-14,19-20H,4-5,8-12H2,1-3H3. The largest absolute Gasteiger partial charge is 0.493 e. The Morgan fingerprint density at radius 3 is 2.29 bits per heavy atom. The molecule has 2 N–H and O–H groups in total. The number of aliphatic hydroxyl groups excluding tert-OH is 2. The van der Waals surface area contributed by atoms with Gasteiger partial charge in [-0.05, 0) is 36.1 Å². The van der Waals surface area contributed by atoms with Crippen LogP contribution in [0, 0.1) is 0 Å². The number of sulfonamides is 1. The number of unbranched alkanes of at least 4 members (excludes halogenated alkanes) is 1. The molecule has 0 atom stereocenters. The highest BCUT2D eigenvalue weighted by Gasteiger charge is 2.25. The van der Waals surface area contributed by atoms with E-state index in [1.807, 2.05) is 13.8 Å². The highest BCUT2D eigenvalue weighted by atomic mass is 32.2. The van der Waals surface area contributed by atoms with Gasteiger partial charge in [-0.15, -0.1) is 0 Å². The van der Waals surface area contributed by atoms with E-state index in [0.717, 1.165) is 22.7 Å². The van der Waals surface area contributed by atoms with Crippen molar-refractivity contribution in [3.05, 3.63) is 23.8 Å². The number of nitrogens with zero attached hydrogens (tertiary/aromatic N) is 1. The fourth-order valence-corrected chi connectivity index (χ4v) is 3.78. The summed E-state index contributed by atoms with van der Waals surface area (Å²) in [6.45, 7) is 5.96. The van der Waals surface area contributed by atoms with Crippen LogP contribution in [0.1, 0.15) is 45.1 Å². The molecule has 1 aromatic carbocycles. The van der Waals surface area contributed by atoms with Gasteiger partial charge in [-0.2, -0.15) is 4.31 Å². The van der Waals surface area contributed by atoms with Crippen LogP contribution in [0.5, 0.6) is 5.75 Å². The van der Waals surface area contributed by atoms with Crippen molar-refractivity contribution in [2.75, 3.05) is 32.9 Å². The summed E-state index contributed by atoms with van der Waals surface area (Å²) in [5, 5.41) is 18.1. The lowest BCUT2D eigenvalue weighted by Gasteiger charge is -2.22. The molecule has 0 aliphatic rings. The number of hydrogen-bond donors (Lipinski definition) is 2. The van der Waals surface area contributed by atoms with E-state index >= 15 is 0 Å². The van der Waals surface area contributed by atoms with Crippen molar-refractivity contribution in [1.29, 1.82) is 0 Å². The Morgan fingerprint density at radius 1 is 1.17 bits per heavy atom. The first-order valence-corrected chi connectivity index (χ1v) is 9.81. The van der Waals surface area contributed by atoms with Gasteiger partial charge in [-0.1, -0.05) is 27.2 Å². The first-order valence-electron chi connectivity index (χ1n) is 8.37. The highest BCUT2D eigenvalue weighted by Crippen LogP contribution is 2.30. The normalized spacial score (nSPS) is 12.1. The van der Waals surface area contributed by atoms with Gasteiger partial charge in [0.1, 0.15) is 5.75 Å². The summed E-state index contributed by atoms with van der Waals surface area (Å²) < 4.78 is 32.3. The van der Waals surface area contributed by atoms with Crippen molar-refractivity contribution in [3.63, 3.8) is 0 Å². The lowest BCUT2D eigenvalue weighted by atomic mass is 10.0. The van der Waals surface area contributed by atoms with Crippen LogP contribution < -0.4 is 4.74 Å². The van der Waals surface area contributed by atoms with Gasteiger partial charge < -0.3 is 14.9 Å². The molecule has 0 bridgehead atoms. The summed E-state index contributed by atoms with van der Waals surface area (Å²) in [5.74, 6) is 0.814. The van der Waals surface area contributed by atoms with Gasteiger partial charge in [0.15, 0.2) is 0 Å². The summed E-state index contributed by atoms with van der Waals surface area (Å²) in [6, 6.07) is 4.83. The Kier molecular flexibility index (Phi) is 8.69. The van der Waals surface area contributed by atoms with Crippen molar-refractivity contribution in [1.82, 2.24) is 4.31 Å². The summed E-state index contributed by atoms with van der Waals surface area (Å²) in [7, 11) is -3.77. The highest BCUT2D eigenvalue weighted by molar-refractivity contribution is 7.89. The SMILES string of the molecule is CCCCOc1ccc(S(=O)(=O)N(CCO)CCO)cc1C(C)C. The van der Waals surface area contributed by atoms with Gasteiger partial charge in [0, 0.05) is 13.1 Å². The molecule has 0 spiro atoms. The van der Waals surface area contributed by atoms with Crippen LogP contribution in [-0.2, 0) is 10.0 Å². The minimum absolute atomic E-state index is 0.0470. The molecule has 0 saturated carbocycles. The van der Waals surface area contributed by atoms with Crippen LogP contribution in [0.25, 0.3) is 0 Å². The molecule has 0 radical (unpaired) electrons. The second kappa shape index (κ2) is 9.98. The van der Waals surface area contributed by atoms with E-state index in [0.29, 0.717) is 12.4 Å². The second-order valence-corrected chi connectivity index (χ2v) is 7.85. The van der Waals surface area contributed by atoms with E-state index < -0.39 is 10.0 Å². The molecule has 1 rings (SSSR count). The van der Waals surface area contributed by atoms with E-state index in [2.05, 4.69) is 6.92 Å². The van der Waals surface area contributed by atoms with Gasteiger partial charge in [-0.25, -0.2) is 8.42 Å². The zero-order chi connectivity index (χ0) is 18.2. The van der Waals surface area contributed by atoms with Gasteiger partial charge in [0.2, 0.25) is 10.0 Å². The minimum Gasteiger partial charge on any atom is -0.493 e. The van der Waals surface area contributed by atoms with Gasteiger partial charge in [0.05, 0.1) is 24.7 Å². The molecule has 0 amide bonds. The van der Waals surface area contributed by atoms with E-state index in [9.17, 15) is 8.42 Å². The van der Waals surface area contributed by atoms with Crippen molar-refractivity contribution >= 4 is 10.0 Å². The molecule has 7 heteroatoms. The van der Waals surface area contributed by atoms with Crippen molar-refractivity contribution < 1.29 is 23.4 Å². The summed E-state index contributed by atoms with van der Waals surface area (Å²) in [4.78, 5) is 0.149. The van der Waals surface area contributed by atoms with Crippen LogP contribution in [0.3, 0.4) is 0 Å². The maximum absolute atomic E-state index is 12.7. The Bertz CT molecular complexity index is 595. The Balaban J connectivity index is 3.17. The number of benzene rings is 1. The molecule has 0 aromatic heterocycles. The molecular formula is C17H29NO5S. The van der Waals surface area contributed by atoms with Gasteiger partial charge in [-0.3, -0.25) is 0 Å². The van der Waals surface area contributed by atoms with E-state index in [-0.39, 0.29) is 37.1 Å². The van der Waals surface area contributed by atoms with Crippen LogP contribution in [0.2, 0.25) is 0 Å². The number of ether oxygens (including phenoxy) is 1. The minimum atomic E-state index is -3.77.